The van der Waals surface area contributed by atoms with Crippen LogP contribution in [0.3, 0.4) is 0 Å². The summed E-state index contributed by atoms with van der Waals surface area (Å²) in [6, 6.07) is 0. The highest BCUT2D eigenvalue weighted by Crippen LogP contribution is 2.30. The number of carbonyl (C=O) groups is 2. The highest BCUT2D eigenvalue weighted by molar-refractivity contribution is 5.97. The molecule has 0 aromatic carbocycles. The molecule has 0 bridgehead atoms. The third-order valence-electron chi connectivity index (χ3n) is 4.01. The molecule has 1 rings (SSSR count). The lowest BCUT2D eigenvalue weighted by Gasteiger charge is -2.38. The van der Waals surface area contributed by atoms with Gasteiger partial charge in [-0.2, -0.15) is 0 Å². The third kappa shape index (κ3) is 3.24. The van der Waals surface area contributed by atoms with E-state index in [0.717, 1.165) is 6.42 Å². The van der Waals surface area contributed by atoms with Crippen LogP contribution in [0.15, 0.2) is 0 Å². The minimum Gasteiger partial charge on any atom is -0.481 e. The monoisotopic (exact) mass is 255 g/mol. The van der Waals surface area contributed by atoms with Gasteiger partial charge in [-0.25, -0.2) is 0 Å². The fraction of sp³-hybridized carbons (Fsp3) is 0.857. The van der Waals surface area contributed by atoms with Gasteiger partial charge in [-0.1, -0.05) is 34.6 Å². The first-order valence-corrected chi connectivity index (χ1v) is 6.66. The van der Waals surface area contributed by atoms with E-state index in [0.29, 0.717) is 24.9 Å². The Hall–Kier alpha value is -1.06. The Bertz CT molecular complexity index is 332. The molecule has 1 fully saturated rings. The average molecular weight is 255 g/mol. The molecule has 3 unspecified atom stereocenters. The molecule has 4 nitrogen and oxygen atoms in total. The number of carboxylic acid groups (broad SMARTS) is 1. The number of carbonyl (C=O) groups excluding carboxylic acids is 1. The van der Waals surface area contributed by atoms with Gasteiger partial charge in [-0.05, 0) is 23.7 Å². The first kappa shape index (κ1) is 15.0. The Balaban J connectivity index is 2.82. The first-order valence-electron chi connectivity index (χ1n) is 6.66. The number of nitrogens with zero attached hydrogens (tertiary/aromatic N) is 1. The standard InChI is InChI=1S/C14H25NO3/c1-9-6-7-15(8-10(9)2)12(16)11(13(17)18)14(3,4)5/h9-11H,6-8H2,1-5H3,(H,17,18). The number of amides is 1. The van der Waals surface area contributed by atoms with E-state index in [-0.39, 0.29) is 5.91 Å². The summed E-state index contributed by atoms with van der Waals surface area (Å²) >= 11 is 0. The van der Waals surface area contributed by atoms with Gasteiger partial charge in [0, 0.05) is 13.1 Å². The van der Waals surface area contributed by atoms with Crippen molar-refractivity contribution in [1.29, 1.82) is 0 Å². The van der Waals surface area contributed by atoms with Crippen LogP contribution in [0.2, 0.25) is 0 Å². The number of rotatable bonds is 2. The number of aliphatic carboxylic acids is 1. The summed E-state index contributed by atoms with van der Waals surface area (Å²) in [6.07, 6.45) is 0.962. The molecular formula is C14H25NO3. The molecule has 1 aliphatic rings. The SMILES string of the molecule is CC1CCN(C(=O)C(C(=O)O)C(C)(C)C)CC1C. The molecule has 1 N–H and O–H groups in total. The van der Waals surface area contributed by atoms with E-state index >= 15 is 0 Å². The van der Waals surface area contributed by atoms with Crippen LogP contribution in [0.25, 0.3) is 0 Å². The summed E-state index contributed by atoms with van der Waals surface area (Å²) in [5, 5.41) is 9.28. The summed E-state index contributed by atoms with van der Waals surface area (Å²) in [4.78, 5) is 25.4. The lowest BCUT2D eigenvalue weighted by Crippen LogP contribution is -2.49. The lowest BCUT2D eigenvalue weighted by atomic mass is 9.79. The second kappa shape index (κ2) is 5.29. The van der Waals surface area contributed by atoms with Crippen LogP contribution in [0.4, 0.5) is 0 Å². The predicted octanol–water partition coefficient (Wildman–Crippen LogP) is 2.24. The van der Waals surface area contributed by atoms with Crippen LogP contribution in [-0.2, 0) is 9.59 Å². The predicted molar refractivity (Wildman–Crippen MR) is 70.1 cm³/mol. The van der Waals surface area contributed by atoms with Crippen LogP contribution in [0.5, 0.6) is 0 Å². The molecule has 18 heavy (non-hydrogen) atoms. The van der Waals surface area contributed by atoms with E-state index in [1.54, 1.807) is 25.7 Å². The normalized spacial score (nSPS) is 26.8. The Morgan fingerprint density at radius 2 is 1.78 bits per heavy atom. The van der Waals surface area contributed by atoms with Gasteiger partial charge < -0.3 is 10.0 Å². The molecule has 0 aromatic heterocycles. The van der Waals surface area contributed by atoms with Gasteiger partial charge in [0.1, 0.15) is 5.92 Å². The number of carboxylic acids is 1. The van der Waals surface area contributed by atoms with Crippen LogP contribution < -0.4 is 0 Å². The zero-order valence-corrected chi connectivity index (χ0v) is 12.1. The highest BCUT2D eigenvalue weighted by atomic mass is 16.4. The van der Waals surface area contributed by atoms with E-state index in [4.69, 9.17) is 0 Å². The fourth-order valence-corrected chi connectivity index (χ4v) is 2.49. The number of hydrogen-bond acceptors (Lipinski definition) is 2. The van der Waals surface area contributed by atoms with Crippen molar-refractivity contribution in [3.8, 4) is 0 Å². The zero-order valence-electron chi connectivity index (χ0n) is 12.1. The van der Waals surface area contributed by atoms with E-state index < -0.39 is 17.3 Å². The van der Waals surface area contributed by atoms with Crippen molar-refractivity contribution in [2.45, 2.75) is 41.0 Å². The van der Waals surface area contributed by atoms with Crippen molar-refractivity contribution in [3.63, 3.8) is 0 Å². The van der Waals surface area contributed by atoms with Crippen LogP contribution >= 0.6 is 0 Å². The van der Waals surface area contributed by atoms with Gasteiger partial charge in [-0.15, -0.1) is 0 Å². The molecule has 1 aliphatic heterocycles. The molecule has 0 aliphatic carbocycles. The maximum absolute atomic E-state index is 12.4. The number of hydrogen-bond donors (Lipinski definition) is 1. The lowest BCUT2D eigenvalue weighted by molar-refractivity contribution is -0.157. The summed E-state index contributed by atoms with van der Waals surface area (Å²) in [6.45, 7) is 11.1. The van der Waals surface area contributed by atoms with E-state index in [2.05, 4.69) is 13.8 Å². The first-order chi connectivity index (χ1) is 8.14. The van der Waals surface area contributed by atoms with Crippen molar-refractivity contribution in [2.75, 3.05) is 13.1 Å². The van der Waals surface area contributed by atoms with Gasteiger partial charge in [-0.3, -0.25) is 9.59 Å². The highest BCUT2D eigenvalue weighted by Gasteiger charge is 2.41. The molecule has 1 amide bonds. The molecule has 104 valence electrons. The van der Waals surface area contributed by atoms with E-state index in [9.17, 15) is 14.7 Å². The number of piperidine rings is 1. The second-order valence-corrected chi connectivity index (χ2v) is 6.66. The summed E-state index contributed by atoms with van der Waals surface area (Å²) in [5.74, 6) is -1.14. The van der Waals surface area contributed by atoms with Crippen LogP contribution in [-0.4, -0.2) is 35.0 Å². The van der Waals surface area contributed by atoms with Crippen molar-refractivity contribution in [2.24, 2.45) is 23.2 Å². The van der Waals surface area contributed by atoms with Crippen molar-refractivity contribution < 1.29 is 14.7 Å². The summed E-state index contributed by atoms with van der Waals surface area (Å²) in [5.41, 5.74) is -0.546. The minimum atomic E-state index is -1.02. The molecule has 0 spiro atoms. The van der Waals surface area contributed by atoms with E-state index in [1.165, 1.54) is 0 Å². The molecule has 0 saturated carbocycles. The Morgan fingerprint density at radius 3 is 2.17 bits per heavy atom. The van der Waals surface area contributed by atoms with Gasteiger partial charge in [0.05, 0.1) is 0 Å². The smallest absolute Gasteiger partial charge is 0.316 e. The molecule has 3 atom stereocenters. The summed E-state index contributed by atoms with van der Waals surface area (Å²) in [7, 11) is 0. The maximum Gasteiger partial charge on any atom is 0.316 e. The molecule has 1 saturated heterocycles. The molecule has 1 heterocycles. The minimum absolute atomic E-state index is 0.228. The zero-order chi connectivity index (χ0) is 14.1. The van der Waals surface area contributed by atoms with Crippen molar-refractivity contribution >= 4 is 11.9 Å². The summed E-state index contributed by atoms with van der Waals surface area (Å²) < 4.78 is 0. The van der Waals surface area contributed by atoms with Crippen molar-refractivity contribution in [1.82, 2.24) is 4.90 Å². The topological polar surface area (TPSA) is 57.6 Å². The Labute approximate surface area is 109 Å². The van der Waals surface area contributed by atoms with Crippen LogP contribution in [0.1, 0.15) is 41.0 Å². The van der Waals surface area contributed by atoms with E-state index in [1.807, 2.05) is 0 Å². The van der Waals surface area contributed by atoms with Crippen molar-refractivity contribution in [3.05, 3.63) is 0 Å². The third-order valence-corrected chi connectivity index (χ3v) is 4.01. The molecule has 0 radical (unpaired) electrons. The second-order valence-electron chi connectivity index (χ2n) is 6.66. The van der Waals surface area contributed by atoms with Gasteiger partial charge in [0.15, 0.2) is 0 Å². The number of likely N-dealkylation sites (tertiary alicyclic amines) is 1. The van der Waals surface area contributed by atoms with Gasteiger partial charge in [0.2, 0.25) is 5.91 Å². The van der Waals surface area contributed by atoms with Crippen LogP contribution in [0, 0.1) is 23.2 Å². The quantitative estimate of drug-likeness (QED) is 0.770. The molecular weight excluding hydrogens is 230 g/mol. The Morgan fingerprint density at radius 1 is 1.22 bits per heavy atom. The molecule has 0 aromatic rings. The van der Waals surface area contributed by atoms with Gasteiger partial charge in [0.25, 0.3) is 0 Å². The Kier molecular flexibility index (Phi) is 4.41. The largest absolute Gasteiger partial charge is 0.481 e. The fourth-order valence-electron chi connectivity index (χ4n) is 2.49. The average Bonchev–Trinajstić information content (AvgIpc) is 2.19. The van der Waals surface area contributed by atoms with Gasteiger partial charge >= 0.3 is 5.97 Å². The molecule has 4 heteroatoms. The maximum atomic E-state index is 12.4.